The van der Waals surface area contributed by atoms with E-state index >= 15 is 0 Å². The van der Waals surface area contributed by atoms with E-state index in [2.05, 4.69) is 426 Å². The highest BCUT2D eigenvalue weighted by Crippen LogP contribution is 2.55. The van der Waals surface area contributed by atoms with E-state index in [1.54, 1.807) is 0 Å². The standard InChI is InChI=1S/C44H25NO.2C40H23NO/c1-2-12-28-27(11-1)33-16-9-17-34-30(20-21-35(28)42(33)34)29-22-24-39(31-13-4-3-10-26(29)31)45-38-18-7-5-15-37(38)43-40(45)25-23-36-32-14-6-8-19-41(32)46-44(36)43;1-2-12-28-27(11-1)31-16-8-15-30-26(19-20-32(28)38(30)31)24-9-7-10-25(23-24)41-35-17-5-3-14-34(35)39-36(41)22-21-33-29-13-4-6-18-37(29)42-40(33)39;1-2-9-28-27(8-1)31-13-7-12-30-26(20-21-32(28)38(30)31)24-16-18-25(19-17-24)41-35-14-5-3-11-34(35)39-36(41)23-22-33-29-10-4-6-15-37(29)42-40(33)39/h1-25H;2*1-23H. The van der Waals surface area contributed by atoms with Gasteiger partial charge in [0.15, 0.2) is 0 Å². The fraction of sp³-hybridized carbons (Fsp3) is 0. The van der Waals surface area contributed by atoms with Crippen LogP contribution in [-0.2, 0) is 0 Å². The highest BCUT2D eigenvalue weighted by Gasteiger charge is 2.30. The average molecular weight is 1650 g/mol. The van der Waals surface area contributed by atoms with E-state index in [4.69, 9.17) is 13.3 Å². The fourth-order valence-corrected chi connectivity index (χ4v) is 23.0. The summed E-state index contributed by atoms with van der Waals surface area (Å²) in [5.41, 5.74) is 39.4. The predicted octanol–water partition coefficient (Wildman–Crippen LogP) is 34.6. The van der Waals surface area contributed by atoms with Crippen molar-refractivity contribution in [1.29, 1.82) is 0 Å². The summed E-state index contributed by atoms with van der Waals surface area (Å²) in [5.74, 6) is 0. The highest BCUT2D eigenvalue weighted by molar-refractivity contribution is 6.29. The third kappa shape index (κ3) is 9.96. The lowest BCUT2D eigenvalue weighted by molar-refractivity contribution is 0.672. The topological polar surface area (TPSA) is 54.2 Å². The zero-order chi connectivity index (χ0) is 84.7. The van der Waals surface area contributed by atoms with Crippen molar-refractivity contribution in [2.24, 2.45) is 0 Å². The minimum absolute atomic E-state index is 0.921. The van der Waals surface area contributed by atoms with Gasteiger partial charge in [-0.05, 0) is 241 Å². The van der Waals surface area contributed by atoms with Crippen molar-refractivity contribution in [1.82, 2.24) is 13.7 Å². The quantitative estimate of drug-likeness (QED) is 0.167. The molecule has 0 bridgehead atoms. The second kappa shape index (κ2) is 27.1. The van der Waals surface area contributed by atoms with Crippen molar-refractivity contribution in [3.63, 3.8) is 0 Å². The maximum Gasteiger partial charge on any atom is 0.145 e. The molecule has 0 atom stereocenters. The summed E-state index contributed by atoms with van der Waals surface area (Å²) >= 11 is 0. The van der Waals surface area contributed by atoms with Gasteiger partial charge in [0.25, 0.3) is 0 Å². The molecule has 3 aliphatic rings. The van der Waals surface area contributed by atoms with Crippen LogP contribution in [0.1, 0.15) is 0 Å². The molecule has 0 spiro atoms. The first-order valence-electron chi connectivity index (χ1n) is 44.8. The van der Waals surface area contributed by atoms with Gasteiger partial charge in [0.2, 0.25) is 0 Å². The number of nitrogens with zero attached hydrogens (tertiary/aromatic N) is 3. The normalized spacial score (nSPS) is 12.3. The van der Waals surface area contributed by atoms with Crippen molar-refractivity contribution in [2.75, 3.05) is 0 Å². The third-order valence-electron chi connectivity index (χ3n) is 28.5. The van der Waals surface area contributed by atoms with E-state index in [0.717, 1.165) is 110 Å². The second-order valence-electron chi connectivity index (χ2n) is 34.9. The summed E-state index contributed by atoms with van der Waals surface area (Å²) in [7, 11) is 0. The van der Waals surface area contributed by atoms with Gasteiger partial charge in [0.1, 0.15) is 33.5 Å². The Kier molecular flexibility index (Phi) is 14.8. The van der Waals surface area contributed by atoms with Gasteiger partial charge >= 0.3 is 0 Å². The zero-order valence-electron chi connectivity index (χ0n) is 70.1. The molecule has 0 radical (unpaired) electrons. The van der Waals surface area contributed by atoms with Gasteiger partial charge in [0, 0.05) is 65.2 Å². The van der Waals surface area contributed by atoms with Gasteiger partial charge < -0.3 is 27.0 Å². The van der Waals surface area contributed by atoms with Crippen LogP contribution >= 0.6 is 0 Å². The number of furan rings is 3. The van der Waals surface area contributed by atoms with E-state index in [9.17, 15) is 0 Å². The van der Waals surface area contributed by atoms with Crippen molar-refractivity contribution in [3.8, 4) is 117 Å². The van der Waals surface area contributed by atoms with Crippen LogP contribution in [0.4, 0.5) is 0 Å². The Hall–Kier alpha value is -17.3. The van der Waals surface area contributed by atoms with Crippen molar-refractivity contribution < 1.29 is 13.3 Å². The zero-order valence-corrected chi connectivity index (χ0v) is 70.1. The monoisotopic (exact) mass is 1650 g/mol. The lowest BCUT2D eigenvalue weighted by Gasteiger charge is -2.16. The van der Waals surface area contributed by atoms with Gasteiger partial charge in [-0.3, -0.25) is 0 Å². The molecule has 0 N–H and O–H groups in total. The van der Waals surface area contributed by atoms with Crippen LogP contribution in [-0.4, -0.2) is 13.7 Å². The first-order chi connectivity index (χ1) is 64.5. The molecule has 6 aromatic heterocycles. The molecule has 31 rings (SSSR count). The Morgan fingerprint density at radius 1 is 0.138 bits per heavy atom. The summed E-state index contributed by atoms with van der Waals surface area (Å²) < 4.78 is 26.7. The van der Waals surface area contributed by atoms with Crippen LogP contribution in [0.5, 0.6) is 0 Å². The number of benzene rings is 22. The smallest absolute Gasteiger partial charge is 0.145 e. The minimum atomic E-state index is 0.921. The summed E-state index contributed by atoms with van der Waals surface area (Å²) in [6.45, 7) is 0. The molecule has 6 nitrogen and oxygen atoms in total. The van der Waals surface area contributed by atoms with Crippen LogP contribution in [0.15, 0.2) is 444 Å². The summed E-state index contributed by atoms with van der Waals surface area (Å²) in [4.78, 5) is 0. The van der Waals surface area contributed by atoms with Gasteiger partial charge in [-0.15, -0.1) is 0 Å². The molecular formula is C124H71N3O3. The molecule has 3 aliphatic carbocycles. The number of hydrogen-bond donors (Lipinski definition) is 0. The summed E-state index contributed by atoms with van der Waals surface area (Å²) in [6, 6.07) is 156. The van der Waals surface area contributed by atoms with Gasteiger partial charge in [-0.1, -0.05) is 328 Å². The second-order valence-corrected chi connectivity index (χ2v) is 34.9. The van der Waals surface area contributed by atoms with Crippen LogP contribution in [0.3, 0.4) is 0 Å². The Labute approximate surface area is 744 Å². The average Bonchev–Trinajstić information content (AvgIpc) is 1.56. The molecule has 6 heterocycles. The van der Waals surface area contributed by atoms with E-state index in [1.807, 2.05) is 18.2 Å². The fourth-order valence-electron chi connectivity index (χ4n) is 23.0. The predicted molar refractivity (Wildman–Crippen MR) is 544 cm³/mol. The van der Waals surface area contributed by atoms with Crippen LogP contribution in [0.2, 0.25) is 0 Å². The number of hydrogen-bond acceptors (Lipinski definition) is 3. The lowest BCUT2D eigenvalue weighted by atomic mass is 9.91. The molecule has 22 aromatic carbocycles. The first kappa shape index (κ1) is 71.0. The number of rotatable bonds is 6. The van der Waals surface area contributed by atoms with Crippen molar-refractivity contribution in [3.05, 3.63) is 431 Å². The molecule has 0 saturated heterocycles. The molecular weight excluding hydrogens is 1580 g/mol. The maximum absolute atomic E-state index is 6.56. The van der Waals surface area contributed by atoms with Crippen molar-refractivity contribution >= 4 is 174 Å². The van der Waals surface area contributed by atoms with Crippen LogP contribution < -0.4 is 0 Å². The Morgan fingerprint density at radius 2 is 0.438 bits per heavy atom. The van der Waals surface area contributed by atoms with Gasteiger partial charge in [-0.2, -0.15) is 0 Å². The van der Waals surface area contributed by atoms with E-state index in [0.29, 0.717) is 0 Å². The molecule has 0 amide bonds. The first-order valence-corrected chi connectivity index (χ1v) is 44.8. The van der Waals surface area contributed by atoms with Crippen LogP contribution in [0, 0.1) is 0 Å². The van der Waals surface area contributed by atoms with Crippen molar-refractivity contribution in [2.45, 2.75) is 0 Å². The number of fused-ring (bicyclic) bond motifs is 31. The van der Waals surface area contributed by atoms with E-state index in [1.165, 1.54) is 182 Å². The SMILES string of the molecule is c1cc(-c2ccc3c4c(cccc24)-c2ccccc2-3)cc(-n2c3ccccc3c3c4oc5ccccc5c4ccc32)c1.c1ccc2c(c1)-c1cccc3c(-c4ccc(-n5c6ccccc6c6c7oc8ccccc8c7ccc65)c5ccccc45)ccc-2c13.c1ccc2c(c1)-c1cccc3c(-c4ccc(-n5c6ccccc6c6c7oc8ccccc8c7ccc65)cc4)ccc-2c13. The largest absolute Gasteiger partial charge is 0.455 e. The molecule has 0 aliphatic heterocycles. The molecule has 28 aromatic rings. The number of aromatic nitrogens is 3. The van der Waals surface area contributed by atoms with E-state index in [-0.39, 0.29) is 0 Å². The molecule has 0 saturated carbocycles. The number of para-hydroxylation sites is 6. The molecule has 0 unspecified atom stereocenters. The Morgan fingerprint density at radius 3 is 0.885 bits per heavy atom. The van der Waals surface area contributed by atoms with Gasteiger partial charge in [0.05, 0.1) is 54.9 Å². The molecule has 130 heavy (non-hydrogen) atoms. The van der Waals surface area contributed by atoms with E-state index < -0.39 is 0 Å². The third-order valence-corrected chi connectivity index (χ3v) is 28.5. The Bertz CT molecular complexity index is 9750. The lowest BCUT2D eigenvalue weighted by Crippen LogP contribution is -1.96. The maximum atomic E-state index is 6.56. The summed E-state index contributed by atoms with van der Waals surface area (Å²) in [5, 5.41) is 24.4. The molecule has 600 valence electrons. The molecule has 0 fully saturated rings. The minimum Gasteiger partial charge on any atom is -0.455 e. The molecule has 6 heteroatoms. The Balaban J connectivity index is 0.0000000962. The highest BCUT2D eigenvalue weighted by atomic mass is 16.3. The summed E-state index contributed by atoms with van der Waals surface area (Å²) in [6.07, 6.45) is 0. The van der Waals surface area contributed by atoms with Crippen LogP contribution in [0.25, 0.3) is 292 Å². The van der Waals surface area contributed by atoms with Gasteiger partial charge in [-0.25, -0.2) is 0 Å².